The van der Waals surface area contributed by atoms with Gasteiger partial charge in [0.15, 0.2) is 0 Å². The van der Waals surface area contributed by atoms with Gasteiger partial charge in [-0.05, 0) is 81.1 Å². The maximum Gasteiger partial charge on any atom is 0.0788 e. The van der Waals surface area contributed by atoms with Crippen molar-refractivity contribution < 1.29 is 5.11 Å². The van der Waals surface area contributed by atoms with Crippen LogP contribution in [0.4, 0.5) is 0 Å². The van der Waals surface area contributed by atoms with Crippen molar-refractivity contribution in [3.05, 3.63) is 0 Å². The Balaban J connectivity index is 1.56. The van der Waals surface area contributed by atoms with E-state index in [2.05, 4.69) is 5.32 Å². The minimum absolute atomic E-state index is 0.369. The monoisotopic (exact) mass is 235 g/mol. The summed E-state index contributed by atoms with van der Waals surface area (Å²) >= 11 is 0. The standard InChI is InChI=1S/C15H25NO/c17-15(1-2-16-10-15)9-14-6-11-3-12(7-14)5-13(4-11)8-14/h11-13,16-17H,1-10H2. The zero-order valence-corrected chi connectivity index (χ0v) is 10.8. The first-order valence-electron chi connectivity index (χ1n) is 7.58. The second kappa shape index (κ2) is 3.48. The minimum Gasteiger partial charge on any atom is -0.388 e. The fraction of sp³-hybridized carbons (Fsp3) is 1.00. The van der Waals surface area contributed by atoms with Crippen molar-refractivity contribution in [1.82, 2.24) is 5.32 Å². The van der Waals surface area contributed by atoms with Crippen LogP contribution in [0.1, 0.15) is 51.4 Å². The molecule has 5 fully saturated rings. The molecule has 0 aromatic rings. The van der Waals surface area contributed by atoms with Crippen LogP contribution in [0, 0.1) is 23.2 Å². The smallest absolute Gasteiger partial charge is 0.0788 e. The van der Waals surface area contributed by atoms with Gasteiger partial charge in [-0.1, -0.05) is 0 Å². The maximum absolute atomic E-state index is 10.7. The molecular formula is C15H25NO. The van der Waals surface area contributed by atoms with Crippen LogP contribution in [0.3, 0.4) is 0 Å². The highest BCUT2D eigenvalue weighted by Crippen LogP contribution is 2.62. The Labute approximate surface area is 104 Å². The van der Waals surface area contributed by atoms with Gasteiger partial charge in [0, 0.05) is 6.54 Å². The Morgan fingerprint density at radius 1 is 1.00 bits per heavy atom. The Bertz CT molecular complexity index is 284. The maximum atomic E-state index is 10.7. The fourth-order valence-electron chi connectivity index (χ4n) is 6.09. The van der Waals surface area contributed by atoms with Gasteiger partial charge in [-0.2, -0.15) is 0 Å². The summed E-state index contributed by atoms with van der Waals surface area (Å²) < 4.78 is 0. The number of hydrogen-bond donors (Lipinski definition) is 2. The first-order chi connectivity index (χ1) is 8.15. The van der Waals surface area contributed by atoms with Gasteiger partial charge in [0.2, 0.25) is 0 Å². The second-order valence-electron chi connectivity index (χ2n) is 7.75. The van der Waals surface area contributed by atoms with Crippen LogP contribution in [-0.2, 0) is 0 Å². The van der Waals surface area contributed by atoms with E-state index in [0.717, 1.165) is 43.7 Å². The third-order valence-electron chi connectivity index (χ3n) is 6.09. The lowest BCUT2D eigenvalue weighted by Crippen LogP contribution is -2.50. The quantitative estimate of drug-likeness (QED) is 0.770. The van der Waals surface area contributed by atoms with Gasteiger partial charge in [0.1, 0.15) is 0 Å². The predicted molar refractivity (Wildman–Crippen MR) is 67.7 cm³/mol. The normalized spacial score (nSPS) is 56.6. The molecule has 5 rings (SSSR count). The molecule has 5 aliphatic rings. The summed E-state index contributed by atoms with van der Waals surface area (Å²) in [5.74, 6) is 3.04. The summed E-state index contributed by atoms with van der Waals surface area (Å²) in [6, 6.07) is 0. The number of hydrogen-bond acceptors (Lipinski definition) is 2. The Hall–Kier alpha value is -0.0800. The van der Waals surface area contributed by atoms with Gasteiger partial charge >= 0.3 is 0 Å². The lowest BCUT2D eigenvalue weighted by molar-refractivity contribution is -0.0978. The summed E-state index contributed by atoms with van der Waals surface area (Å²) in [5.41, 5.74) is 0.168. The summed E-state index contributed by atoms with van der Waals surface area (Å²) in [4.78, 5) is 0. The topological polar surface area (TPSA) is 32.3 Å². The molecule has 0 aromatic carbocycles. The zero-order chi connectivity index (χ0) is 11.5. The number of β-amino-alcohol motifs (C(OH)–C–C–N with tert-alkyl or cyclic N) is 1. The molecule has 1 heterocycles. The summed E-state index contributed by atoms with van der Waals surface area (Å²) in [5, 5.41) is 14.0. The SMILES string of the molecule is OC1(CC23CC4CC(CC(C4)C2)C3)CCNC1. The third-order valence-corrected chi connectivity index (χ3v) is 6.09. The lowest BCUT2D eigenvalue weighted by Gasteiger charge is -2.58. The molecule has 0 spiro atoms. The van der Waals surface area contributed by atoms with Gasteiger partial charge in [0.25, 0.3) is 0 Å². The van der Waals surface area contributed by atoms with Crippen LogP contribution in [0.25, 0.3) is 0 Å². The molecule has 4 bridgehead atoms. The largest absolute Gasteiger partial charge is 0.388 e. The van der Waals surface area contributed by atoms with E-state index in [-0.39, 0.29) is 5.60 Å². The highest BCUT2D eigenvalue weighted by Gasteiger charge is 2.53. The molecular weight excluding hydrogens is 210 g/mol. The van der Waals surface area contributed by atoms with Crippen molar-refractivity contribution in [2.24, 2.45) is 23.2 Å². The van der Waals surface area contributed by atoms with Gasteiger partial charge in [0.05, 0.1) is 5.60 Å². The second-order valence-corrected chi connectivity index (χ2v) is 7.75. The van der Waals surface area contributed by atoms with E-state index < -0.39 is 0 Å². The van der Waals surface area contributed by atoms with Crippen LogP contribution in [0.5, 0.6) is 0 Å². The zero-order valence-electron chi connectivity index (χ0n) is 10.8. The molecule has 4 saturated carbocycles. The van der Waals surface area contributed by atoms with E-state index >= 15 is 0 Å². The van der Waals surface area contributed by atoms with Crippen LogP contribution in [-0.4, -0.2) is 23.8 Å². The van der Waals surface area contributed by atoms with E-state index in [1.807, 2.05) is 0 Å². The average Bonchev–Trinajstić information content (AvgIpc) is 2.61. The van der Waals surface area contributed by atoms with Crippen molar-refractivity contribution >= 4 is 0 Å². The van der Waals surface area contributed by atoms with Crippen molar-refractivity contribution in [2.45, 2.75) is 57.0 Å². The molecule has 2 N–H and O–H groups in total. The predicted octanol–water partition coefficient (Wildman–Crippen LogP) is 2.32. The summed E-state index contributed by atoms with van der Waals surface area (Å²) in [6.07, 6.45) is 10.9. The Kier molecular flexibility index (Phi) is 2.21. The Morgan fingerprint density at radius 3 is 2.06 bits per heavy atom. The number of aliphatic hydroxyl groups is 1. The third kappa shape index (κ3) is 1.76. The van der Waals surface area contributed by atoms with E-state index in [4.69, 9.17) is 0 Å². The summed E-state index contributed by atoms with van der Waals surface area (Å²) in [7, 11) is 0. The van der Waals surface area contributed by atoms with Crippen LogP contribution in [0.15, 0.2) is 0 Å². The molecule has 17 heavy (non-hydrogen) atoms. The van der Waals surface area contributed by atoms with Crippen molar-refractivity contribution in [3.8, 4) is 0 Å². The fourth-order valence-corrected chi connectivity index (χ4v) is 6.09. The first kappa shape index (κ1) is 10.8. The Morgan fingerprint density at radius 2 is 1.59 bits per heavy atom. The van der Waals surface area contributed by atoms with Gasteiger partial charge in [-0.25, -0.2) is 0 Å². The molecule has 1 aliphatic heterocycles. The van der Waals surface area contributed by atoms with Gasteiger partial charge in [-0.15, -0.1) is 0 Å². The number of rotatable bonds is 2. The average molecular weight is 235 g/mol. The van der Waals surface area contributed by atoms with E-state index in [9.17, 15) is 5.11 Å². The molecule has 2 heteroatoms. The van der Waals surface area contributed by atoms with Crippen LogP contribution >= 0.6 is 0 Å². The van der Waals surface area contributed by atoms with Gasteiger partial charge in [-0.3, -0.25) is 0 Å². The molecule has 2 nitrogen and oxygen atoms in total. The molecule has 96 valence electrons. The molecule has 0 aromatic heterocycles. The first-order valence-corrected chi connectivity index (χ1v) is 7.58. The van der Waals surface area contributed by atoms with E-state index in [1.54, 1.807) is 0 Å². The molecule has 0 radical (unpaired) electrons. The van der Waals surface area contributed by atoms with Crippen molar-refractivity contribution in [1.29, 1.82) is 0 Å². The highest BCUT2D eigenvalue weighted by molar-refractivity contribution is 5.05. The molecule has 1 saturated heterocycles. The molecule has 4 aliphatic carbocycles. The van der Waals surface area contributed by atoms with Gasteiger partial charge < -0.3 is 10.4 Å². The lowest BCUT2D eigenvalue weighted by atomic mass is 9.48. The highest BCUT2D eigenvalue weighted by atomic mass is 16.3. The van der Waals surface area contributed by atoms with Crippen LogP contribution in [0.2, 0.25) is 0 Å². The van der Waals surface area contributed by atoms with Crippen molar-refractivity contribution in [2.75, 3.05) is 13.1 Å². The number of nitrogens with one attached hydrogen (secondary N) is 1. The van der Waals surface area contributed by atoms with E-state index in [0.29, 0.717) is 5.41 Å². The molecule has 1 unspecified atom stereocenters. The molecule has 0 amide bonds. The minimum atomic E-state index is -0.369. The molecule has 1 atom stereocenters. The van der Waals surface area contributed by atoms with Crippen molar-refractivity contribution in [3.63, 3.8) is 0 Å². The van der Waals surface area contributed by atoms with Crippen LogP contribution < -0.4 is 5.32 Å². The van der Waals surface area contributed by atoms with E-state index in [1.165, 1.54) is 38.5 Å². The summed E-state index contributed by atoms with van der Waals surface area (Å²) in [6.45, 7) is 1.86.